The average molecular weight is 591 g/mol. The third-order valence-corrected chi connectivity index (χ3v) is 7.25. The number of carbonyl (C=O) groups is 4. The minimum absolute atomic E-state index is 0.133. The average Bonchev–Trinajstić information content (AvgIpc) is 3.40. The summed E-state index contributed by atoms with van der Waals surface area (Å²) in [5.74, 6) is -3.25. The van der Waals surface area contributed by atoms with Crippen LogP contribution in [0.3, 0.4) is 0 Å². The van der Waals surface area contributed by atoms with E-state index in [1.807, 2.05) is 24.3 Å². The van der Waals surface area contributed by atoms with Crippen molar-refractivity contribution in [2.75, 3.05) is 6.61 Å². The minimum Gasteiger partial charge on any atom is -0.493 e. The third-order valence-electron chi connectivity index (χ3n) is 5.91. The van der Waals surface area contributed by atoms with Gasteiger partial charge < -0.3 is 28.8 Å². The Balaban J connectivity index is 1.81. The van der Waals surface area contributed by atoms with Gasteiger partial charge in [0.15, 0.2) is 28.5 Å². The highest BCUT2D eigenvalue weighted by Crippen LogP contribution is 2.41. The van der Waals surface area contributed by atoms with Crippen LogP contribution in [0.4, 0.5) is 5.69 Å². The molecule has 40 heavy (non-hydrogen) atoms. The molecule has 1 saturated heterocycles. The second-order valence-electron chi connectivity index (χ2n) is 8.89. The first-order valence-corrected chi connectivity index (χ1v) is 13.3. The van der Waals surface area contributed by atoms with Crippen molar-refractivity contribution in [3.8, 4) is 5.88 Å². The second kappa shape index (κ2) is 12.1. The summed E-state index contributed by atoms with van der Waals surface area (Å²) in [5.41, 5.74) is 2.37. The van der Waals surface area contributed by atoms with Gasteiger partial charge in [-0.15, -0.1) is 11.3 Å². The first kappa shape index (κ1) is 29.1. The molecule has 2 aliphatic rings. The molecule has 12 nitrogen and oxygen atoms in total. The number of hydrogen-bond acceptors (Lipinski definition) is 13. The lowest BCUT2D eigenvalue weighted by Crippen LogP contribution is -2.60. The minimum atomic E-state index is -1.42. The fourth-order valence-electron chi connectivity index (χ4n) is 4.42. The standard InChI is InChI=1S/C26H26N2O10S2/c1-12(29)34-11-19-21(35-13(2)30)22(36-14(3)31)23(37-15(4)32)25(38-19)28-24(33)20(40-26(28)39)9-16-10-27-18-8-6-5-7-17(16)18/h5-10,19,21-23,25,33H,11H2,1-4H3/b16-9-/t19-,21-,22+,23-,25-/m1/s1. The number of aromatic nitrogens is 1. The van der Waals surface area contributed by atoms with Crippen molar-refractivity contribution < 1.29 is 48.0 Å². The van der Waals surface area contributed by atoms with Gasteiger partial charge in [0.2, 0.25) is 5.88 Å². The van der Waals surface area contributed by atoms with Crippen LogP contribution >= 0.6 is 23.6 Å². The summed E-state index contributed by atoms with van der Waals surface area (Å²) in [7, 11) is 0. The molecule has 0 unspecified atom stereocenters. The Morgan fingerprint density at radius 3 is 2.27 bits per heavy atom. The van der Waals surface area contributed by atoms with Crippen LogP contribution in [0.15, 0.2) is 29.3 Å². The van der Waals surface area contributed by atoms with Crippen LogP contribution in [-0.4, -0.2) is 70.8 Å². The highest BCUT2D eigenvalue weighted by molar-refractivity contribution is 7.73. The molecule has 0 spiro atoms. The van der Waals surface area contributed by atoms with Gasteiger partial charge in [0.1, 0.15) is 12.7 Å². The number of para-hydroxylation sites is 1. The zero-order valence-electron chi connectivity index (χ0n) is 21.9. The number of hydrogen-bond donors (Lipinski definition) is 1. The van der Waals surface area contributed by atoms with Gasteiger partial charge in [-0.3, -0.25) is 28.7 Å². The molecule has 2 aliphatic heterocycles. The SMILES string of the molecule is CC(=O)OC[C@H]1O[C@@H](n2c(O)c(/C=C3/C=Nc4ccccc43)sc2=S)[C@H](OC(C)=O)[C@@H](OC(C)=O)[C@@H]1OC(C)=O. The van der Waals surface area contributed by atoms with Crippen molar-refractivity contribution in [2.45, 2.75) is 58.3 Å². The third kappa shape index (κ3) is 6.29. The smallest absolute Gasteiger partial charge is 0.303 e. The van der Waals surface area contributed by atoms with E-state index in [0.29, 0.717) is 4.88 Å². The molecule has 1 aromatic carbocycles. The van der Waals surface area contributed by atoms with Gasteiger partial charge >= 0.3 is 23.9 Å². The van der Waals surface area contributed by atoms with Gasteiger partial charge in [0.05, 0.1) is 10.6 Å². The molecule has 212 valence electrons. The maximum absolute atomic E-state index is 12.2. The van der Waals surface area contributed by atoms with E-state index in [1.165, 1.54) is 11.5 Å². The Hall–Kier alpha value is -3.88. The number of ether oxygens (including phenoxy) is 5. The summed E-state index contributed by atoms with van der Waals surface area (Å²) < 4.78 is 29.0. The summed E-state index contributed by atoms with van der Waals surface area (Å²) in [6.07, 6.45) is -3.34. The van der Waals surface area contributed by atoms with Gasteiger partial charge in [-0.1, -0.05) is 18.2 Å². The Labute approximate surface area is 237 Å². The number of fused-ring (bicyclic) bond motifs is 1. The Kier molecular flexibility index (Phi) is 8.81. The van der Waals surface area contributed by atoms with Gasteiger partial charge in [-0.05, 0) is 24.4 Å². The topological polar surface area (TPSA) is 152 Å². The molecular formula is C26H26N2O10S2. The first-order chi connectivity index (χ1) is 19.0. The largest absolute Gasteiger partial charge is 0.493 e. The summed E-state index contributed by atoms with van der Waals surface area (Å²) in [5, 5.41) is 11.3. The predicted molar refractivity (Wildman–Crippen MR) is 144 cm³/mol. The van der Waals surface area contributed by atoms with Gasteiger partial charge in [0.25, 0.3) is 0 Å². The fourth-order valence-corrected chi connectivity index (χ4v) is 5.73. The van der Waals surface area contributed by atoms with Crippen LogP contribution in [0, 0.1) is 3.95 Å². The van der Waals surface area contributed by atoms with Gasteiger partial charge in [-0.25, -0.2) is 0 Å². The highest BCUT2D eigenvalue weighted by Gasteiger charge is 2.53. The van der Waals surface area contributed by atoms with E-state index in [-0.39, 0.29) is 9.83 Å². The maximum Gasteiger partial charge on any atom is 0.303 e. The number of esters is 4. The van der Waals surface area contributed by atoms with Crippen molar-refractivity contribution in [2.24, 2.45) is 4.99 Å². The van der Waals surface area contributed by atoms with Crippen LogP contribution in [0.1, 0.15) is 44.4 Å². The number of carbonyl (C=O) groups excluding carboxylic acids is 4. The lowest BCUT2D eigenvalue weighted by atomic mass is 9.97. The number of aliphatic imine (C=N–C) groups is 1. The Morgan fingerprint density at radius 1 is 1.00 bits per heavy atom. The molecule has 1 N–H and O–H groups in total. The van der Waals surface area contributed by atoms with E-state index < -0.39 is 61.1 Å². The maximum atomic E-state index is 12.2. The van der Waals surface area contributed by atoms with Crippen molar-refractivity contribution in [3.05, 3.63) is 38.7 Å². The van der Waals surface area contributed by atoms with E-state index >= 15 is 0 Å². The molecular weight excluding hydrogens is 564 g/mol. The van der Waals surface area contributed by atoms with Crippen molar-refractivity contribution >= 4 is 71.0 Å². The van der Waals surface area contributed by atoms with Crippen molar-refractivity contribution in [1.82, 2.24) is 4.57 Å². The van der Waals surface area contributed by atoms with E-state index in [1.54, 1.807) is 12.3 Å². The zero-order valence-corrected chi connectivity index (χ0v) is 23.5. The van der Waals surface area contributed by atoms with E-state index in [4.69, 9.17) is 35.9 Å². The van der Waals surface area contributed by atoms with Gasteiger partial charge in [-0.2, -0.15) is 0 Å². The number of benzene rings is 1. The Morgan fingerprint density at radius 2 is 1.62 bits per heavy atom. The molecule has 0 amide bonds. The summed E-state index contributed by atoms with van der Waals surface area (Å²) in [4.78, 5) is 52.5. The normalized spacial score (nSPS) is 24.3. The number of aromatic hydroxyl groups is 1. The van der Waals surface area contributed by atoms with Crippen molar-refractivity contribution in [3.63, 3.8) is 0 Å². The summed E-state index contributed by atoms with van der Waals surface area (Å²) >= 11 is 6.61. The molecule has 4 rings (SSSR count). The van der Waals surface area contributed by atoms with Gasteiger partial charge in [0, 0.05) is 45.0 Å². The number of nitrogens with zero attached hydrogens (tertiary/aromatic N) is 2. The van der Waals surface area contributed by atoms with Crippen LogP contribution in [-0.2, 0) is 42.9 Å². The molecule has 1 fully saturated rings. The number of allylic oxidation sites excluding steroid dienone is 1. The molecule has 5 atom stereocenters. The van der Waals surface area contributed by atoms with Crippen LogP contribution in [0.5, 0.6) is 5.88 Å². The molecule has 0 aliphatic carbocycles. The molecule has 14 heteroatoms. The molecule has 0 bridgehead atoms. The highest BCUT2D eigenvalue weighted by atomic mass is 32.1. The summed E-state index contributed by atoms with van der Waals surface area (Å²) in [6, 6.07) is 7.48. The molecule has 3 heterocycles. The van der Waals surface area contributed by atoms with Crippen molar-refractivity contribution in [1.29, 1.82) is 0 Å². The predicted octanol–water partition coefficient (Wildman–Crippen LogP) is 3.50. The van der Waals surface area contributed by atoms with E-state index in [0.717, 1.165) is 48.9 Å². The lowest BCUT2D eigenvalue weighted by Gasteiger charge is -2.44. The molecule has 2 aromatic rings. The molecule has 0 saturated carbocycles. The lowest BCUT2D eigenvalue weighted by molar-refractivity contribution is -0.269. The van der Waals surface area contributed by atoms with Crippen LogP contribution in [0.25, 0.3) is 11.6 Å². The summed E-state index contributed by atoms with van der Waals surface area (Å²) in [6.45, 7) is 4.16. The quantitative estimate of drug-likeness (QED) is 0.287. The van der Waals surface area contributed by atoms with Crippen LogP contribution < -0.4 is 0 Å². The molecule has 0 radical (unpaired) electrons. The number of thiazole rings is 1. The monoisotopic (exact) mass is 590 g/mol. The van der Waals surface area contributed by atoms with E-state index in [9.17, 15) is 24.3 Å². The number of rotatable bonds is 7. The fraction of sp³-hybridized carbons (Fsp3) is 0.385. The molecule has 1 aromatic heterocycles. The second-order valence-corrected chi connectivity index (χ2v) is 10.6. The zero-order chi connectivity index (χ0) is 29.1. The Bertz CT molecular complexity index is 1460. The van der Waals surface area contributed by atoms with E-state index in [2.05, 4.69) is 4.99 Å². The van der Waals surface area contributed by atoms with Crippen LogP contribution in [0.2, 0.25) is 0 Å². The first-order valence-electron chi connectivity index (χ1n) is 12.1.